The molecule has 3 aromatic rings. The molecular formula is C34H38O3. The molecule has 3 heteroatoms. The van der Waals surface area contributed by atoms with E-state index in [0.717, 1.165) is 46.8 Å². The Kier molecular flexibility index (Phi) is 9.37. The number of methoxy groups -OCH3 is 1. The Balaban J connectivity index is 1.61. The number of hydrogen-bond donors (Lipinski definition) is 0. The quantitative estimate of drug-likeness (QED) is 0.143. The fourth-order valence-corrected chi connectivity index (χ4v) is 4.63. The summed E-state index contributed by atoms with van der Waals surface area (Å²) in [4.78, 5) is 13.3. The molecule has 0 amide bonds. The van der Waals surface area contributed by atoms with Gasteiger partial charge in [0.1, 0.15) is 17.3 Å². The molecule has 1 aliphatic rings. The summed E-state index contributed by atoms with van der Waals surface area (Å²) in [5, 5.41) is 0. The smallest absolute Gasteiger partial charge is 0.186 e. The van der Waals surface area contributed by atoms with E-state index in [1.807, 2.05) is 36.4 Å². The SMILES string of the molecule is CCCCCc1ccc(C(=O)/C=C2\C=C(c3ccc(CCCCC)cc3)Oc3ccc(OC)cc32)cc1. The van der Waals surface area contributed by atoms with Crippen molar-refractivity contribution in [3.05, 3.63) is 107 Å². The van der Waals surface area contributed by atoms with E-state index in [1.165, 1.54) is 49.7 Å². The highest BCUT2D eigenvalue weighted by atomic mass is 16.5. The van der Waals surface area contributed by atoms with E-state index < -0.39 is 0 Å². The number of ether oxygens (including phenoxy) is 2. The van der Waals surface area contributed by atoms with Crippen LogP contribution in [0.5, 0.6) is 11.5 Å². The fraction of sp³-hybridized carbons (Fsp3) is 0.324. The van der Waals surface area contributed by atoms with E-state index in [2.05, 4.69) is 50.2 Å². The summed E-state index contributed by atoms with van der Waals surface area (Å²) in [5.74, 6) is 2.16. The number of carbonyl (C=O) groups is 1. The van der Waals surface area contributed by atoms with Crippen LogP contribution in [0, 0.1) is 0 Å². The zero-order valence-corrected chi connectivity index (χ0v) is 22.4. The maximum Gasteiger partial charge on any atom is 0.186 e. The van der Waals surface area contributed by atoms with E-state index in [9.17, 15) is 4.79 Å². The normalized spacial score (nSPS) is 13.6. The van der Waals surface area contributed by atoms with Crippen LogP contribution >= 0.6 is 0 Å². The number of hydrogen-bond acceptors (Lipinski definition) is 3. The molecule has 3 nitrogen and oxygen atoms in total. The first-order valence-electron chi connectivity index (χ1n) is 13.6. The second-order valence-electron chi connectivity index (χ2n) is 9.74. The van der Waals surface area contributed by atoms with Gasteiger partial charge < -0.3 is 9.47 Å². The number of aryl methyl sites for hydroxylation is 2. The van der Waals surface area contributed by atoms with Gasteiger partial charge in [-0.1, -0.05) is 88.1 Å². The third kappa shape index (κ3) is 7.01. The molecule has 0 spiro atoms. The molecule has 0 bridgehead atoms. The van der Waals surface area contributed by atoms with Crippen LogP contribution < -0.4 is 9.47 Å². The monoisotopic (exact) mass is 494 g/mol. The molecule has 192 valence electrons. The van der Waals surface area contributed by atoms with Gasteiger partial charge in [0, 0.05) is 16.7 Å². The summed E-state index contributed by atoms with van der Waals surface area (Å²) >= 11 is 0. The molecule has 0 aromatic heterocycles. The van der Waals surface area contributed by atoms with Gasteiger partial charge in [0.15, 0.2) is 5.78 Å². The minimum absolute atomic E-state index is 0.0207. The first-order valence-corrected chi connectivity index (χ1v) is 13.6. The highest BCUT2D eigenvalue weighted by molar-refractivity contribution is 6.11. The van der Waals surface area contributed by atoms with Crippen LogP contribution in [0.4, 0.5) is 0 Å². The van der Waals surface area contributed by atoms with Crippen molar-refractivity contribution in [1.82, 2.24) is 0 Å². The molecule has 0 saturated heterocycles. The fourth-order valence-electron chi connectivity index (χ4n) is 4.63. The van der Waals surface area contributed by atoms with Gasteiger partial charge >= 0.3 is 0 Å². The topological polar surface area (TPSA) is 35.5 Å². The van der Waals surface area contributed by atoms with Crippen LogP contribution in [0.1, 0.15) is 85.0 Å². The van der Waals surface area contributed by atoms with Crippen LogP contribution in [-0.2, 0) is 12.8 Å². The highest BCUT2D eigenvalue weighted by Crippen LogP contribution is 2.39. The molecule has 0 N–H and O–H groups in total. The Morgan fingerprint density at radius 3 is 2.03 bits per heavy atom. The van der Waals surface area contributed by atoms with E-state index in [0.29, 0.717) is 5.56 Å². The minimum atomic E-state index is -0.0207. The number of fused-ring (bicyclic) bond motifs is 1. The lowest BCUT2D eigenvalue weighted by Gasteiger charge is -2.21. The van der Waals surface area contributed by atoms with Crippen molar-refractivity contribution in [2.45, 2.75) is 65.2 Å². The molecule has 0 aliphatic carbocycles. The zero-order chi connectivity index (χ0) is 26.0. The van der Waals surface area contributed by atoms with Crippen LogP contribution in [0.15, 0.2) is 78.9 Å². The number of allylic oxidation sites excluding steroid dienone is 3. The molecular weight excluding hydrogens is 456 g/mol. The molecule has 37 heavy (non-hydrogen) atoms. The largest absolute Gasteiger partial charge is 0.497 e. The van der Waals surface area contributed by atoms with Gasteiger partial charge in [-0.3, -0.25) is 4.79 Å². The zero-order valence-electron chi connectivity index (χ0n) is 22.4. The summed E-state index contributed by atoms with van der Waals surface area (Å²) in [5.41, 5.74) is 5.97. The number of carbonyl (C=O) groups excluding carboxylic acids is 1. The molecule has 1 aliphatic heterocycles. The van der Waals surface area contributed by atoms with E-state index in [4.69, 9.17) is 9.47 Å². The van der Waals surface area contributed by atoms with Gasteiger partial charge in [0.05, 0.1) is 7.11 Å². The highest BCUT2D eigenvalue weighted by Gasteiger charge is 2.20. The minimum Gasteiger partial charge on any atom is -0.497 e. The Hall–Kier alpha value is -3.59. The Labute approximate surface area is 221 Å². The van der Waals surface area contributed by atoms with Crippen molar-refractivity contribution in [3.63, 3.8) is 0 Å². The summed E-state index contributed by atoms with van der Waals surface area (Å²) in [7, 11) is 1.64. The number of ketones is 1. The van der Waals surface area contributed by atoms with E-state index in [1.54, 1.807) is 13.2 Å². The van der Waals surface area contributed by atoms with E-state index >= 15 is 0 Å². The van der Waals surface area contributed by atoms with Crippen molar-refractivity contribution < 1.29 is 14.3 Å². The van der Waals surface area contributed by atoms with Gasteiger partial charge in [-0.05, 0) is 72.7 Å². The number of benzene rings is 3. The van der Waals surface area contributed by atoms with Crippen LogP contribution in [-0.4, -0.2) is 12.9 Å². The van der Waals surface area contributed by atoms with Crippen molar-refractivity contribution in [3.8, 4) is 11.5 Å². The van der Waals surface area contributed by atoms with Gasteiger partial charge in [-0.15, -0.1) is 0 Å². The lowest BCUT2D eigenvalue weighted by atomic mass is 9.96. The predicted octanol–water partition coefficient (Wildman–Crippen LogP) is 8.86. The molecule has 0 unspecified atom stereocenters. The molecule has 1 heterocycles. The molecule has 0 saturated carbocycles. The van der Waals surface area contributed by atoms with Gasteiger partial charge in [-0.2, -0.15) is 0 Å². The number of unbranched alkanes of at least 4 members (excludes halogenated alkanes) is 4. The van der Waals surface area contributed by atoms with Crippen molar-refractivity contribution in [1.29, 1.82) is 0 Å². The number of rotatable bonds is 12. The van der Waals surface area contributed by atoms with Gasteiger partial charge in [0.25, 0.3) is 0 Å². The average molecular weight is 495 g/mol. The van der Waals surface area contributed by atoms with Gasteiger partial charge in [-0.25, -0.2) is 0 Å². The lowest BCUT2D eigenvalue weighted by Crippen LogP contribution is -2.06. The van der Waals surface area contributed by atoms with Crippen LogP contribution in [0.2, 0.25) is 0 Å². The maximum atomic E-state index is 13.3. The Morgan fingerprint density at radius 2 is 1.43 bits per heavy atom. The van der Waals surface area contributed by atoms with Crippen LogP contribution in [0.25, 0.3) is 11.3 Å². The maximum absolute atomic E-state index is 13.3. The molecule has 4 rings (SSSR count). The summed E-state index contributed by atoms with van der Waals surface area (Å²) in [6.07, 6.45) is 13.1. The van der Waals surface area contributed by atoms with Crippen molar-refractivity contribution in [2.75, 3.05) is 7.11 Å². The van der Waals surface area contributed by atoms with Crippen molar-refractivity contribution in [2.24, 2.45) is 0 Å². The predicted molar refractivity (Wildman–Crippen MR) is 153 cm³/mol. The molecule has 0 fully saturated rings. The second-order valence-corrected chi connectivity index (χ2v) is 9.74. The van der Waals surface area contributed by atoms with Gasteiger partial charge in [0.2, 0.25) is 0 Å². The summed E-state index contributed by atoms with van der Waals surface area (Å²) in [6.45, 7) is 4.44. The third-order valence-corrected chi connectivity index (χ3v) is 6.91. The van der Waals surface area contributed by atoms with Crippen LogP contribution in [0.3, 0.4) is 0 Å². The lowest BCUT2D eigenvalue weighted by molar-refractivity contribution is 0.104. The van der Waals surface area contributed by atoms with Crippen molar-refractivity contribution >= 4 is 17.1 Å². The van der Waals surface area contributed by atoms with E-state index in [-0.39, 0.29) is 5.78 Å². The first-order chi connectivity index (χ1) is 18.1. The standard InChI is InChI=1S/C34H38O3/c1-4-6-8-10-25-12-16-27(17-13-25)32(35)22-29-23-34(37-33-21-20-30(36-3)24-31(29)33)28-18-14-26(15-19-28)11-9-7-5-2/h12-24H,4-11H2,1-3H3/b29-22+. The summed E-state index contributed by atoms with van der Waals surface area (Å²) < 4.78 is 11.7. The summed E-state index contributed by atoms with van der Waals surface area (Å²) in [6, 6.07) is 22.3. The Morgan fingerprint density at radius 1 is 0.811 bits per heavy atom. The second kappa shape index (κ2) is 13.1. The first kappa shape index (κ1) is 26.5. The Bertz CT molecular complexity index is 1250. The molecule has 0 radical (unpaired) electrons. The molecule has 0 atom stereocenters. The third-order valence-electron chi connectivity index (χ3n) is 6.91. The molecule has 3 aromatic carbocycles. The average Bonchev–Trinajstić information content (AvgIpc) is 2.93.